The van der Waals surface area contributed by atoms with E-state index in [1.807, 2.05) is 48.5 Å². The lowest BCUT2D eigenvalue weighted by Crippen LogP contribution is -2.31. The van der Waals surface area contributed by atoms with Crippen LogP contribution in [0, 0.1) is 0 Å². The zero-order valence-electron chi connectivity index (χ0n) is 30.1. The van der Waals surface area contributed by atoms with Gasteiger partial charge in [-0.25, -0.2) is 9.78 Å². The minimum Gasteiger partial charge on any atom is -0.494 e. The molecule has 1 aliphatic rings. The second kappa shape index (κ2) is 19.0. The number of nitrogen functional groups attached to an aromatic ring is 1. The molecule has 0 radical (unpaired) electrons. The number of halogens is 2. The smallest absolute Gasteiger partial charge is 0.323 e. The molecule has 0 spiro atoms. The molecule has 5 rings (SSSR count). The highest BCUT2D eigenvalue weighted by Gasteiger charge is 2.23. The van der Waals surface area contributed by atoms with Crippen LogP contribution in [-0.4, -0.2) is 46.7 Å². The largest absolute Gasteiger partial charge is 0.494 e. The van der Waals surface area contributed by atoms with Crippen molar-refractivity contribution >= 4 is 58.9 Å². The summed E-state index contributed by atoms with van der Waals surface area (Å²) in [6, 6.07) is 14.9. The Labute approximate surface area is 309 Å². The number of piperidine rings is 1. The number of fused-ring (bicyclic) bond motifs is 1. The molecule has 1 saturated heterocycles. The number of nitrogens with zero attached hydrogens (tertiary/aromatic N) is 3. The van der Waals surface area contributed by atoms with Crippen molar-refractivity contribution in [2.24, 2.45) is 0 Å². The standard InChI is InChI=1S/C39H52N6O3.2ClH/c1-6-7-21-45-37-31(16-12-17-41-37)34(28-14-11-15-30(23-28)48-22-13-20-44-18-9-8-10-19-44)36(38(45)46)43-39(47)42-35-32(26(2)3)24-29(40)25-33(35)27(4)5;;/h11-12,14-17,23-27H,6-10,13,18-22,40H2,1-5H3,(H2,42,43,47);2*1H. The SMILES string of the molecule is CCCCn1c(=O)c(NC(=O)Nc2c(C(C)C)cc(N)cc2C(C)C)c(-c2cccc(OCCCN3CCCCC3)c2)c2cccnc21.Cl.Cl. The number of carbonyl (C=O) groups is 1. The number of amides is 2. The van der Waals surface area contributed by atoms with E-state index in [0.717, 1.165) is 59.3 Å². The quantitative estimate of drug-likeness (QED) is 0.0935. The van der Waals surface area contributed by atoms with E-state index in [-0.39, 0.29) is 47.9 Å². The van der Waals surface area contributed by atoms with Gasteiger partial charge in [-0.1, -0.05) is 59.6 Å². The van der Waals surface area contributed by atoms with Crippen LogP contribution in [0.25, 0.3) is 22.2 Å². The van der Waals surface area contributed by atoms with Crippen LogP contribution in [-0.2, 0) is 6.54 Å². The van der Waals surface area contributed by atoms with Crippen molar-refractivity contribution in [2.45, 2.75) is 91.5 Å². The number of benzene rings is 2. The number of hydrogen-bond acceptors (Lipinski definition) is 6. The van der Waals surface area contributed by atoms with Crippen LogP contribution >= 0.6 is 24.8 Å². The number of anilines is 3. The summed E-state index contributed by atoms with van der Waals surface area (Å²) in [5, 5.41) is 6.89. The van der Waals surface area contributed by atoms with E-state index < -0.39 is 6.03 Å². The Morgan fingerprint density at radius 3 is 2.24 bits per heavy atom. The van der Waals surface area contributed by atoms with Crippen molar-refractivity contribution in [1.29, 1.82) is 0 Å². The number of nitrogens with two attached hydrogens (primary N) is 1. The van der Waals surface area contributed by atoms with Crippen LogP contribution in [0.5, 0.6) is 5.75 Å². The first kappa shape index (κ1) is 40.6. The van der Waals surface area contributed by atoms with Crippen molar-refractivity contribution in [1.82, 2.24) is 14.5 Å². The molecule has 0 atom stereocenters. The van der Waals surface area contributed by atoms with Crippen LogP contribution in [0.1, 0.15) is 96.1 Å². The highest BCUT2D eigenvalue weighted by Crippen LogP contribution is 2.37. The fourth-order valence-electron chi connectivity index (χ4n) is 6.65. The lowest BCUT2D eigenvalue weighted by Gasteiger charge is -2.26. The molecule has 11 heteroatoms. The molecule has 0 bridgehead atoms. The third-order valence-electron chi connectivity index (χ3n) is 9.16. The third kappa shape index (κ3) is 9.71. The van der Waals surface area contributed by atoms with Crippen molar-refractivity contribution < 1.29 is 9.53 Å². The van der Waals surface area contributed by atoms with Gasteiger partial charge in [0.1, 0.15) is 17.1 Å². The molecule has 50 heavy (non-hydrogen) atoms. The summed E-state index contributed by atoms with van der Waals surface area (Å²) in [4.78, 5) is 35.4. The van der Waals surface area contributed by atoms with Crippen molar-refractivity contribution in [2.75, 3.05) is 42.6 Å². The first-order chi connectivity index (χ1) is 23.2. The van der Waals surface area contributed by atoms with E-state index >= 15 is 0 Å². The normalized spacial score (nSPS) is 13.2. The fraction of sp³-hybridized carbons (Fsp3) is 0.462. The average molecular weight is 726 g/mol. The Hall–Kier alpha value is -3.79. The number of ether oxygens (including phenoxy) is 1. The van der Waals surface area contributed by atoms with Gasteiger partial charge in [0.2, 0.25) is 0 Å². The summed E-state index contributed by atoms with van der Waals surface area (Å²) in [5.74, 6) is 0.966. The molecule has 0 saturated carbocycles. The number of carbonyl (C=O) groups excluding carboxylic acids is 1. The topological polar surface area (TPSA) is 115 Å². The van der Waals surface area contributed by atoms with Crippen molar-refractivity contribution in [3.63, 3.8) is 0 Å². The number of likely N-dealkylation sites (tertiary alicyclic amines) is 1. The summed E-state index contributed by atoms with van der Waals surface area (Å²) in [7, 11) is 0. The van der Waals surface area contributed by atoms with Gasteiger partial charge in [-0.2, -0.15) is 0 Å². The summed E-state index contributed by atoms with van der Waals surface area (Å²) < 4.78 is 7.91. The van der Waals surface area contributed by atoms with Gasteiger partial charge >= 0.3 is 6.03 Å². The molecule has 0 aliphatic carbocycles. The maximum Gasteiger partial charge on any atom is 0.323 e. The number of urea groups is 1. The van der Waals surface area contributed by atoms with Crippen molar-refractivity contribution in [3.8, 4) is 16.9 Å². The minimum absolute atomic E-state index is 0. The van der Waals surface area contributed by atoms with Crippen LogP contribution in [0.15, 0.2) is 59.5 Å². The van der Waals surface area contributed by atoms with Crippen molar-refractivity contribution in [3.05, 3.63) is 76.2 Å². The lowest BCUT2D eigenvalue weighted by molar-refractivity contribution is 0.205. The van der Waals surface area contributed by atoms with Gasteiger partial charge in [0, 0.05) is 41.6 Å². The van der Waals surface area contributed by atoms with E-state index in [0.29, 0.717) is 30.0 Å². The molecule has 2 amide bonds. The molecular weight excluding hydrogens is 671 g/mol. The van der Waals surface area contributed by atoms with Gasteiger partial charge in [-0.3, -0.25) is 9.36 Å². The second-order valence-electron chi connectivity index (χ2n) is 13.5. The molecule has 272 valence electrons. The van der Waals surface area contributed by atoms with E-state index in [1.165, 1.54) is 32.4 Å². The summed E-state index contributed by atoms with van der Waals surface area (Å²) in [6.07, 6.45) is 8.24. The minimum atomic E-state index is -0.489. The van der Waals surface area contributed by atoms with Crippen LogP contribution < -0.4 is 26.7 Å². The zero-order valence-corrected chi connectivity index (χ0v) is 31.7. The van der Waals surface area contributed by atoms with Crippen LogP contribution in [0.2, 0.25) is 0 Å². The number of pyridine rings is 2. The Morgan fingerprint density at radius 1 is 0.900 bits per heavy atom. The van der Waals surface area contributed by atoms with Crippen LogP contribution in [0.3, 0.4) is 0 Å². The number of aryl methyl sites for hydroxylation is 1. The second-order valence-corrected chi connectivity index (χ2v) is 13.5. The molecule has 1 fully saturated rings. The summed E-state index contributed by atoms with van der Waals surface area (Å²) in [5.41, 5.74) is 11.4. The molecular formula is C39H54Cl2N6O3. The molecule has 4 aromatic rings. The van der Waals surface area contributed by atoms with Gasteiger partial charge in [0.15, 0.2) is 0 Å². The van der Waals surface area contributed by atoms with Gasteiger partial charge in [0.25, 0.3) is 5.56 Å². The van der Waals surface area contributed by atoms with E-state index in [1.54, 1.807) is 10.8 Å². The van der Waals surface area contributed by atoms with E-state index in [9.17, 15) is 9.59 Å². The average Bonchev–Trinajstić information content (AvgIpc) is 3.07. The van der Waals surface area contributed by atoms with Gasteiger partial charge in [0.05, 0.1) is 6.61 Å². The Morgan fingerprint density at radius 2 is 1.58 bits per heavy atom. The molecule has 1 aliphatic heterocycles. The number of hydrogen-bond donors (Lipinski definition) is 3. The highest BCUT2D eigenvalue weighted by atomic mass is 35.5. The number of aromatic nitrogens is 2. The fourth-order valence-corrected chi connectivity index (χ4v) is 6.65. The molecule has 9 nitrogen and oxygen atoms in total. The number of rotatable bonds is 13. The van der Waals surface area contributed by atoms with Crippen LogP contribution in [0.4, 0.5) is 21.9 Å². The Balaban J connectivity index is 0.00000338. The predicted molar refractivity (Wildman–Crippen MR) is 213 cm³/mol. The molecule has 4 N–H and O–H groups in total. The van der Waals surface area contributed by atoms with Gasteiger partial charge in [-0.05, 0) is 104 Å². The summed E-state index contributed by atoms with van der Waals surface area (Å²) in [6.45, 7) is 14.8. The van der Waals surface area contributed by atoms with E-state index in [4.69, 9.17) is 10.5 Å². The Bertz CT molecular complexity index is 1760. The molecule has 2 aromatic carbocycles. The zero-order chi connectivity index (χ0) is 34.2. The van der Waals surface area contributed by atoms with E-state index in [2.05, 4.69) is 55.1 Å². The van der Waals surface area contributed by atoms with Gasteiger partial charge in [-0.15, -0.1) is 24.8 Å². The maximum atomic E-state index is 14.3. The molecule has 0 unspecified atom stereocenters. The van der Waals surface area contributed by atoms with Gasteiger partial charge < -0.3 is 26.0 Å². The third-order valence-corrected chi connectivity index (χ3v) is 9.16. The first-order valence-corrected chi connectivity index (χ1v) is 17.7. The molecule has 2 aromatic heterocycles. The molecule has 3 heterocycles. The maximum absolute atomic E-state index is 14.3. The lowest BCUT2D eigenvalue weighted by atomic mass is 9.92. The first-order valence-electron chi connectivity index (χ1n) is 17.7. The highest BCUT2D eigenvalue weighted by molar-refractivity contribution is 6.08. The Kier molecular flexibility index (Phi) is 15.4. The monoisotopic (exact) mass is 724 g/mol. The summed E-state index contributed by atoms with van der Waals surface area (Å²) >= 11 is 0. The number of unbranched alkanes of at least 4 members (excludes halogenated alkanes) is 1. The number of nitrogens with one attached hydrogen (secondary N) is 2. The predicted octanol–water partition coefficient (Wildman–Crippen LogP) is 9.43.